The van der Waals surface area contributed by atoms with E-state index in [1.807, 2.05) is 32.2 Å². The van der Waals surface area contributed by atoms with E-state index < -0.39 is 23.9 Å². The fourth-order valence-corrected chi connectivity index (χ4v) is 4.98. The third-order valence-electron chi connectivity index (χ3n) is 6.54. The van der Waals surface area contributed by atoms with Gasteiger partial charge in [0.25, 0.3) is 5.91 Å². The van der Waals surface area contributed by atoms with Crippen LogP contribution in [0.5, 0.6) is 5.75 Å². The molecule has 1 aliphatic rings. The van der Waals surface area contributed by atoms with Gasteiger partial charge in [-0.15, -0.1) is 0 Å². The molecule has 1 aliphatic heterocycles. The zero-order valence-electron chi connectivity index (χ0n) is 20.0. The summed E-state index contributed by atoms with van der Waals surface area (Å²) in [6.07, 6.45) is 0.0731. The molecule has 1 saturated heterocycles. The molecule has 1 amide bonds. The normalized spacial score (nSPS) is 16.7. The van der Waals surface area contributed by atoms with Crippen molar-refractivity contribution in [1.82, 2.24) is 24.6 Å². The molecule has 36 heavy (non-hydrogen) atoms. The maximum atomic E-state index is 14.3. The van der Waals surface area contributed by atoms with Gasteiger partial charge in [0.1, 0.15) is 30.0 Å². The Balaban J connectivity index is 1.52. The summed E-state index contributed by atoms with van der Waals surface area (Å²) in [6.45, 7) is 3.89. The first-order chi connectivity index (χ1) is 17.2. The minimum absolute atomic E-state index is 0.00784. The van der Waals surface area contributed by atoms with Crippen molar-refractivity contribution in [3.63, 3.8) is 0 Å². The van der Waals surface area contributed by atoms with Crippen LogP contribution >= 0.6 is 11.6 Å². The van der Waals surface area contributed by atoms with Gasteiger partial charge < -0.3 is 9.64 Å². The lowest BCUT2D eigenvalue weighted by atomic mass is 10.00. The van der Waals surface area contributed by atoms with E-state index in [1.54, 1.807) is 17.7 Å². The SMILES string of the molecule is Cc1cc(-c2ncnn2C)c2cccc(OCc3c(Cl)cc(F)cc3[C@H](C)N3CC[C@H](F)C3=O)c2n1. The van der Waals surface area contributed by atoms with E-state index in [0.29, 0.717) is 28.2 Å². The number of aromatic nitrogens is 4. The van der Waals surface area contributed by atoms with Crippen LogP contribution in [0.1, 0.15) is 36.2 Å². The lowest BCUT2D eigenvalue weighted by molar-refractivity contribution is -0.133. The van der Waals surface area contributed by atoms with Gasteiger partial charge in [0.2, 0.25) is 0 Å². The van der Waals surface area contributed by atoms with Gasteiger partial charge in [-0.2, -0.15) is 5.10 Å². The minimum atomic E-state index is -1.54. The van der Waals surface area contributed by atoms with Crippen LogP contribution < -0.4 is 4.74 Å². The zero-order valence-corrected chi connectivity index (χ0v) is 20.8. The van der Waals surface area contributed by atoms with Crippen LogP contribution in [-0.2, 0) is 18.4 Å². The fourth-order valence-electron chi connectivity index (χ4n) is 4.71. The number of benzene rings is 2. The number of carbonyl (C=O) groups excluding carboxylic acids is 1. The van der Waals surface area contributed by atoms with Crippen LogP contribution in [-0.4, -0.2) is 43.3 Å². The molecule has 10 heteroatoms. The van der Waals surface area contributed by atoms with E-state index in [9.17, 15) is 13.6 Å². The van der Waals surface area contributed by atoms with E-state index in [4.69, 9.17) is 21.3 Å². The smallest absolute Gasteiger partial charge is 0.257 e. The maximum absolute atomic E-state index is 14.3. The van der Waals surface area contributed by atoms with Crippen LogP contribution in [0.15, 0.2) is 42.7 Å². The third-order valence-corrected chi connectivity index (χ3v) is 6.88. The summed E-state index contributed by atoms with van der Waals surface area (Å²) in [5.74, 6) is 0.0751. The van der Waals surface area contributed by atoms with Crippen molar-refractivity contribution in [2.24, 2.45) is 7.05 Å². The number of hydrogen-bond acceptors (Lipinski definition) is 5. The van der Waals surface area contributed by atoms with Gasteiger partial charge in [-0.1, -0.05) is 23.7 Å². The van der Waals surface area contributed by atoms with Gasteiger partial charge in [-0.05, 0) is 43.7 Å². The van der Waals surface area contributed by atoms with Crippen molar-refractivity contribution in [3.05, 3.63) is 70.4 Å². The Labute approximate surface area is 211 Å². The number of nitrogens with zero attached hydrogens (tertiary/aromatic N) is 5. The number of pyridine rings is 1. The average Bonchev–Trinajstić information content (AvgIpc) is 3.42. The lowest BCUT2D eigenvalue weighted by Gasteiger charge is -2.27. The number of alkyl halides is 1. The molecule has 1 fully saturated rings. The van der Waals surface area contributed by atoms with Crippen molar-refractivity contribution in [3.8, 4) is 17.1 Å². The fraction of sp³-hybridized carbons (Fsp3) is 0.308. The number of carbonyl (C=O) groups is 1. The summed E-state index contributed by atoms with van der Waals surface area (Å²) in [4.78, 5) is 22.8. The number of aryl methyl sites for hydroxylation is 2. The van der Waals surface area contributed by atoms with Gasteiger partial charge in [0, 0.05) is 42.2 Å². The van der Waals surface area contributed by atoms with Crippen molar-refractivity contribution in [1.29, 1.82) is 0 Å². The molecule has 0 N–H and O–H groups in total. The van der Waals surface area contributed by atoms with E-state index in [1.165, 1.54) is 23.4 Å². The number of fused-ring (bicyclic) bond motifs is 1. The number of amides is 1. The molecule has 7 nitrogen and oxygen atoms in total. The number of rotatable bonds is 6. The summed E-state index contributed by atoms with van der Waals surface area (Å²) in [5, 5.41) is 5.18. The number of ether oxygens (including phenoxy) is 1. The highest BCUT2D eigenvalue weighted by atomic mass is 35.5. The molecule has 3 heterocycles. The summed E-state index contributed by atoms with van der Waals surface area (Å²) < 4.78 is 36.1. The largest absolute Gasteiger partial charge is 0.487 e. The van der Waals surface area contributed by atoms with Crippen LogP contribution in [0.3, 0.4) is 0 Å². The van der Waals surface area contributed by atoms with Crippen LogP contribution in [0.25, 0.3) is 22.3 Å². The molecular formula is C26H24ClF2N5O2. The molecule has 2 aromatic heterocycles. The summed E-state index contributed by atoms with van der Waals surface area (Å²) in [6, 6.07) is 9.49. The highest BCUT2D eigenvalue weighted by Crippen LogP contribution is 2.36. The maximum Gasteiger partial charge on any atom is 0.257 e. The first-order valence-electron chi connectivity index (χ1n) is 11.5. The van der Waals surface area contributed by atoms with E-state index >= 15 is 0 Å². The first-order valence-corrected chi connectivity index (χ1v) is 11.9. The lowest BCUT2D eigenvalue weighted by Crippen LogP contribution is -2.31. The molecule has 0 unspecified atom stereocenters. The van der Waals surface area contributed by atoms with Crippen molar-refractivity contribution in [2.75, 3.05) is 6.54 Å². The molecule has 0 saturated carbocycles. The van der Waals surface area contributed by atoms with Crippen LogP contribution in [0, 0.1) is 12.7 Å². The molecule has 5 rings (SSSR count). The van der Waals surface area contributed by atoms with Gasteiger partial charge >= 0.3 is 0 Å². The average molecular weight is 512 g/mol. The molecule has 186 valence electrons. The molecule has 0 radical (unpaired) electrons. The summed E-state index contributed by atoms with van der Waals surface area (Å²) in [7, 11) is 1.82. The molecule has 4 aromatic rings. The number of likely N-dealkylation sites (tertiary alicyclic amines) is 1. The second kappa shape index (κ2) is 9.46. The van der Waals surface area contributed by atoms with E-state index in [0.717, 1.165) is 16.6 Å². The molecule has 2 aromatic carbocycles. The zero-order chi connectivity index (χ0) is 25.6. The van der Waals surface area contributed by atoms with E-state index in [2.05, 4.69) is 10.1 Å². The molecule has 0 spiro atoms. The molecule has 0 bridgehead atoms. The third kappa shape index (κ3) is 4.28. The molecule has 2 atom stereocenters. The molecule has 0 aliphatic carbocycles. The number of para-hydroxylation sites is 1. The summed E-state index contributed by atoms with van der Waals surface area (Å²) in [5.41, 5.74) is 3.29. The van der Waals surface area contributed by atoms with Crippen LogP contribution in [0.2, 0.25) is 5.02 Å². The van der Waals surface area contributed by atoms with Crippen LogP contribution in [0.4, 0.5) is 8.78 Å². The van der Waals surface area contributed by atoms with Gasteiger partial charge in [0.15, 0.2) is 12.0 Å². The van der Waals surface area contributed by atoms with Crippen molar-refractivity contribution >= 4 is 28.4 Å². The Morgan fingerprint density at radius 3 is 2.78 bits per heavy atom. The first kappa shape index (κ1) is 24.1. The van der Waals surface area contributed by atoms with E-state index in [-0.39, 0.29) is 24.6 Å². The van der Waals surface area contributed by atoms with Crippen molar-refractivity contribution in [2.45, 2.75) is 39.1 Å². The monoisotopic (exact) mass is 511 g/mol. The van der Waals surface area contributed by atoms with Gasteiger partial charge in [0.05, 0.1) is 11.1 Å². The number of halogens is 3. The predicted octanol–water partition coefficient (Wildman–Crippen LogP) is 5.34. The van der Waals surface area contributed by atoms with Gasteiger partial charge in [-0.3, -0.25) is 4.79 Å². The topological polar surface area (TPSA) is 73.1 Å². The Morgan fingerprint density at radius 2 is 2.08 bits per heavy atom. The standard InChI is InChI=1S/C26H24ClF2N5O2/c1-14-9-19(25-30-13-31-33(25)3)17-5-4-6-23(24(17)32-14)36-12-20-18(10-16(28)11-21(20)27)15(2)34-8-7-22(29)26(34)35/h4-6,9-11,13,15,22H,7-8,12H2,1-3H3/t15-,22-/m0/s1. The Kier molecular flexibility index (Phi) is 6.34. The minimum Gasteiger partial charge on any atom is -0.487 e. The highest BCUT2D eigenvalue weighted by Gasteiger charge is 2.36. The Bertz CT molecular complexity index is 1470. The molecular weight excluding hydrogens is 488 g/mol. The highest BCUT2D eigenvalue weighted by molar-refractivity contribution is 6.31. The quantitative estimate of drug-likeness (QED) is 0.349. The van der Waals surface area contributed by atoms with Crippen molar-refractivity contribution < 1.29 is 18.3 Å². The predicted molar refractivity (Wildman–Crippen MR) is 132 cm³/mol. The summed E-state index contributed by atoms with van der Waals surface area (Å²) >= 11 is 6.44. The Morgan fingerprint density at radius 1 is 1.28 bits per heavy atom. The Hall–Kier alpha value is -3.59. The second-order valence-electron chi connectivity index (χ2n) is 8.88. The van der Waals surface area contributed by atoms with Gasteiger partial charge in [-0.25, -0.2) is 23.4 Å². The second-order valence-corrected chi connectivity index (χ2v) is 9.29. The number of hydrogen-bond donors (Lipinski definition) is 0.